The molecule has 0 aliphatic rings. The predicted molar refractivity (Wildman–Crippen MR) is 68.2 cm³/mol. The molecule has 1 nitrogen and oxygen atoms in total. The smallest absolute Gasteiger partial charge is 0.186 e. The van der Waals surface area contributed by atoms with E-state index in [1.54, 1.807) is 18.7 Å². The van der Waals surface area contributed by atoms with Gasteiger partial charge in [-0.15, -0.1) is 11.8 Å². The Kier molecular flexibility index (Phi) is 5.38. The number of carbonyl (C=O) groups excluding carboxylic acids is 1. The number of hydrogen-bond acceptors (Lipinski definition) is 3. The first-order chi connectivity index (χ1) is 7.22. The van der Waals surface area contributed by atoms with Gasteiger partial charge in [0.25, 0.3) is 0 Å². The van der Waals surface area contributed by atoms with Gasteiger partial charge in [0.1, 0.15) is 0 Å². The molecule has 1 aromatic rings. The van der Waals surface area contributed by atoms with Crippen LogP contribution in [-0.2, 0) is 4.79 Å². The van der Waals surface area contributed by atoms with Crippen molar-refractivity contribution in [3.05, 3.63) is 29.8 Å². The van der Waals surface area contributed by atoms with Crippen LogP contribution in [0.2, 0.25) is 0 Å². The standard InChI is InChI=1S/C12H12OS2/c1-10(13)15-8-4-6-11-5-3-7-12(9-11)14-2/h3,5,7,9H,8H2,1-2H3. The second-order valence-corrected chi connectivity index (χ2v) is 4.85. The fourth-order valence-corrected chi connectivity index (χ4v) is 1.78. The van der Waals surface area contributed by atoms with E-state index in [9.17, 15) is 4.79 Å². The maximum absolute atomic E-state index is 10.6. The maximum Gasteiger partial charge on any atom is 0.186 e. The molecule has 1 rings (SSSR count). The average molecular weight is 236 g/mol. The third-order valence-corrected chi connectivity index (χ3v) is 3.07. The predicted octanol–water partition coefficient (Wildman–Crippen LogP) is 3.04. The van der Waals surface area contributed by atoms with Crippen LogP contribution in [-0.4, -0.2) is 17.1 Å². The van der Waals surface area contributed by atoms with E-state index in [0.717, 1.165) is 5.56 Å². The summed E-state index contributed by atoms with van der Waals surface area (Å²) in [7, 11) is 0. The lowest BCUT2D eigenvalue weighted by atomic mass is 10.2. The Morgan fingerprint density at radius 3 is 2.93 bits per heavy atom. The van der Waals surface area contributed by atoms with Crippen molar-refractivity contribution < 1.29 is 4.79 Å². The summed E-state index contributed by atoms with van der Waals surface area (Å²) in [5, 5.41) is 0.113. The first kappa shape index (κ1) is 12.2. The molecule has 0 aliphatic heterocycles. The molecule has 0 unspecified atom stereocenters. The molecule has 3 heteroatoms. The summed E-state index contributed by atoms with van der Waals surface area (Å²) in [5.41, 5.74) is 1.01. The molecule has 0 atom stereocenters. The molecule has 0 spiro atoms. The van der Waals surface area contributed by atoms with Crippen molar-refractivity contribution in [2.45, 2.75) is 11.8 Å². The van der Waals surface area contributed by atoms with Crippen molar-refractivity contribution >= 4 is 28.6 Å². The van der Waals surface area contributed by atoms with Gasteiger partial charge in [-0.1, -0.05) is 29.7 Å². The lowest BCUT2D eigenvalue weighted by Gasteiger charge is -1.95. The van der Waals surface area contributed by atoms with Gasteiger partial charge >= 0.3 is 0 Å². The summed E-state index contributed by atoms with van der Waals surface area (Å²) >= 11 is 2.94. The zero-order valence-electron chi connectivity index (χ0n) is 8.74. The topological polar surface area (TPSA) is 17.1 Å². The Balaban J connectivity index is 2.59. The molecule has 0 heterocycles. The number of rotatable bonds is 2. The minimum atomic E-state index is 0.113. The Bertz CT molecular complexity index is 402. The van der Waals surface area contributed by atoms with Gasteiger partial charge in [0.05, 0.1) is 5.75 Å². The van der Waals surface area contributed by atoms with E-state index in [0.29, 0.717) is 5.75 Å². The zero-order chi connectivity index (χ0) is 11.1. The van der Waals surface area contributed by atoms with Crippen LogP contribution in [0.25, 0.3) is 0 Å². The van der Waals surface area contributed by atoms with Crippen LogP contribution in [0.1, 0.15) is 12.5 Å². The lowest BCUT2D eigenvalue weighted by Crippen LogP contribution is -1.82. The van der Waals surface area contributed by atoms with Gasteiger partial charge in [-0.25, -0.2) is 0 Å². The minimum Gasteiger partial charge on any atom is -0.288 e. The van der Waals surface area contributed by atoms with Crippen molar-refractivity contribution in [1.82, 2.24) is 0 Å². The van der Waals surface area contributed by atoms with E-state index in [1.807, 2.05) is 18.4 Å². The highest BCUT2D eigenvalue weighted by molar-refractivity contribution is 8.13. The molecule has 0 bridgehead atoms. The van der Waals surface area contributed by atoms with Gasteiger partial charge in [0.15, 0.2) is 5.12 Å². The Morgan fingerprint density at radius 1 is 1.47 bits per heavy atom. The van der Waals surface area contributed by atoms with E-state index in [1.165, 1.54) is 16.7 Å². The van der Waals surface area contributed by atoms with Crippen LogP contribution in [0.3, 0.4) is 0 Å². The first-order valence-corrected chi connectivity index (χ1v) is 6.69. The van der Waals surface area contributed by atoms with Crippen molar-refractivity contribution in [1.29, 1.82) is 0 Å². The van der Waals surface area contributed by atoms with Crippen LogP contribution in [0.5, 0.6) is 0 Å². The third-order valence-electron chi connectivity index (χ3n) is 1.65. The molecule has 78 valence electrons. The lowest BCUT2D eigenvalue weighted by molar-refractivity contribution is -0.109. The number of carbonyl (C=O) groups is 1. The van der Waals surface area contributed by atoms with Gasteiger partial charge < -0.3 is 0 Å². The summed E-state index contributed by atoms with van der Waals surface area (Å²) in [4.78, 5) is 11.9. The second kappa shape index (κ2) is 6.60. The van der Waals surface area contributed by atoms with E-state index in [2.05, 4.69) is 24.0 Å². The highest BCUT2D eigenvalue weighted by Gasteiger charge is 1.91. The van der Waals surface area contributed by atoms with Gasteiger partial charge in [-0.3, -0.25) is 4.79 Å². The molecule has 0 aliphatic carbocycles. The molecule has 0 saturated heterocycles. The molecular formula is C12H12OS2. The molecule has 0 amide bonds. The van der Waals surface area contributed by atoms with Crippen LogP contribution in [0, 0.1) is 11.8 Å². The molecule has 0 aromatic heterocycles. The van der Waals surface area contributed by atoms with Crippen LogP contribution >= 0.6 is 23.5 Å². The SMILES string of the molecule is CSc1cccc(C#CCSC(C)=O)c1. The van der Waals surface area contributed by atoms with Gasteiger partial charge in [0, 0.05) is 17.4 Å². The summed E-state index contributed by atoms with van der Waals surface area (Å²) < 4.78 is 0. The normalized spacial score (nSPS) is 9.20. The highest BCUT2D eigenvalue weighted by Crippen LogP contribution is 2.15. The third kappa shape index (κ3) is 4.96. The Morgan fingerprint density at radius 2 is 2.27 bits per heavy atom. The van der Waals surface area contributed by atoms with Gasteiger partial charge in [-0.05, 0) is 24.5 Å². The van der Waals surface area contributed by atoms with Crippen molar-refractivity contribution in [3.63, 3.8) is 0 Å². The Labute approximate surface area is 99.0 Å². The summed E-state index contributed by atoms with van der Waals surface area (Å²) in [6.45, 7) is 1.56. The number of hydrogen-bond donors (Lipinski definition) is 0. The molecule has 0 fully saturated rings. The van der Waals surface area contributed by atoms with Crippen molar-refractivity contribution in [2.24, 2.45) is 0 Å². The fourth-order valence-electron chi connectivity index (χ4n) is 0.977. The molecule has 15 heavy (non-hydrogen) atoms. The molecule has 0 saturated carbocycles. The van der Waals surface area contributed by atoms with Crippen LogP contribution in [0.15, 0.2) is 29.2 Å². The maximum atomic E-state index is 10.6. The largest absolute Gasteiger partial charge is 0.288 e. The molecule has 0 radical (unpaired) electrons. The Hall–Kier alpha value is -0.850. The molecule has 0 N–H and O–H groups in total. The quantitative estimate of drug-likeness (QED) is 0.580. The second-order valence-electron chi connectivity index (χ2n) is 2.81. The molecule has 1 aromatic carbocycles. The van der Waals surface area contributed by atoms with Crippen molar-refractivity contribution in [3.8, 4) is 11.8 Å². The van der Waals surface area contributed by atoms with Gasteiger partial charge in [0.2, 0.25) is 0 Å². The van der Waals surface area contributed by atoms with E-state index in [-0.39, 0.29) is 5.12 Å². The van der Waals surface area contributed by atoms with Crippen LogP contribution < -0.4 is 0 Å². The van der Waals surface area contributed by atoms with E-state index < -0.39 is 0 Å². The molecular weight excluding hydrogens is 224 g/mol. The average Bonchev–Trinajstić information content (AvgIpc) is 2.24. The summed E-state index contributed by atoms with van der Waals surface area (Å²) in [5.74, 6) is 6.57. The van der Waals surface area contributed by atoms with Gasteiger partial charge in [-0.2, -0.15) is 0 Å². The number of benzene rings is 1. The van der Waals surface area contributed by atoms with Crippen LogP contribution in [0.4, 0.5) is 0 Å². The van der Waals surface area contributed by atoms with E-state index in [4.69, 9.17) is 0 Å². The highest BCUT2D eigenvalue weighted by atomic mass is 32.2. The minimum absolute atomic E-state index is 0.113. The fraction of sp³-hybridized carbons (Fsp3) is 0.250. The summed E-state index contributed by atoms with van der Waals surface area (Å²) in [6.07, 6.45) is 2.04. The first-order valence-electron chi connectivity index (χ1n) is 4.48. The zero-order valence-corrected chi connectivity index (χ0v) is 10.4. The number of thioether (sulfide) groups is 2. The van der Waals surface area contributed by atoms with Crippen molar-refractivity contribution in [2.75, 3.05) is 12.0 Å². The summed E-state index contributed by atoms with van der Waals surface area (Å²) in [6, 6.07) is 8.08. The van der Waals surface area contributed by atoms with E-state index >= 15 is 0 Å². The monoisotopic (exact) mass is 236 g/mol.